The van der Waals surface area contributed by atoms with Crippen LogP contribution in [0.1, 0.15) is 36.7 Å². The number of aromatic nitrogens is 2. The van der Waals surface area contributed by atoms with E-state index in [9.17, 15) is 4.79 Å². The van der Waals surface area contributed by atoms with Gasteiger partial charge >= 0.3 is 0 Å². The number of hydrogen-bond donors (Lipinski definition) is 0. The fraction of sp³-hybridized carbons (Fsp3) is 0.421. The Morgan fingerprint density at radius 1 is 1.27 bits per heavy atom. The molecule has 0 unspecified atom stereocenters. The third-order valence-electron chi connectivity index (χ3n) is 4.05. The fourth-order valence-corrected chi connectivity index (χ4v) is 3.17. The summed E-state index contributed by atoms with van der Waals surface area (Å²) < 4.78 is 12.0. The number of carbonyl (C=O) groups is 1. The van der Waals surface area contributed by atoms with Crippen molar-refractivity contribution in [3.63, 3.8) is 0 Å². The molecule has 0 saturated heterocycles. The maximum Gasteiger partial charge on any atom is 0.265 e. The molecule has 0 spiro atoms. The molecule has 26 heavy (non-hydrogen) atoms. The summed E-state index contributed by atoms with van der Waals surface area (Å²) in [5.41, 5.74) is 0.754. The summed E-state index contributed by atoms with van der Waals surface area (Å²) in [6.45, 7) is 7.22. The van der Waals surface area contributed by atoms with Gasteiger partial charge in [0, 0.05) is 6.54 Å². The minimum Gasteiger partial charge on any atom is -0.472 e. The van der Waals surface area contributed by atoms with Crippen LogP contribution in [0.4, 0.5) is 0 Å². The number of amides is 1. The SMILES string of the molecule is CCN1CC(C)(C)Oc2nc(SC)nc(OCc3ccccc3)c2C1=O. The molecule has 2 heterocycles. The van der Waals surface area contributed by atoms with Crippen molar-refractivity contribution < 1.29 is 14.3 Å². The molecule has 6 nitrogen and oxygen atoms in total. The molecular weight excluding hydrogens is 350 g/mol. The summed E-state index contributed by atoms with van der Waals surface area (Å²) in [6, 6.07) is 9.78. The van der Waals surface area contributed by atoms with Gasteiger partial charge in [0.2, 0.25) is 11.8 Å². The molecule has 0 atom stereocenters. The van der Waals surface area contributed by atoms with Gasteiger partial charge in [0.05, 0.1) is 6.54 Å². The molecule has 0 aliphatic carbocycles. The van der Waals surface area contributed by atoms with Crippen molar-refractivity contribution in [1.82, 2.24) is 14.9 Å². The van der Waals surface area contributed by atoms with Crippen LogP contribution in [0.15, 0.2) is 35.5 Å². The number of rotatable bonds is 5. The van der Waals surface area contributed by atoms with Gasteiger partial charge in [0.25, 0.3) is 5.91 Å². The Labute approximate surface area is 157 Å². The Balaban J connectivity index is 2.03. The molecule has 0 fully saturated rings. The summed E-state index contributed by atoms with van der Waals surface area (Å²) in [5.74, 6) is 0.395. The van der Waals surface area contributed by atoms with E-state index < -0.39 is 5.60 Å². The zero-order valence-electron chi connectivity index (χ0n) is 15.5. The monoisotopic (exact) mass is 373 g/mol. The first-order valence-electron chi connectivity index (χ1n) is 8.54. The van der Waals surface area contributed by atoms with E-state index in [1.54, 1.807) is 4.90 Å². The predicted molar refractivity (Wildman–Crippen MR) is 101 cm³/mol. The molecule has 1 aromatic heterocycles. The molecule has 2 aromatic rings. The van der Waals surface area contributed by atoms with Crippen LogP contribution in [-0.2, 0) is 6.61 Å². The normalized spacial score (nSPS) is 15.8. The number of carbonyl (C=O) groups excluding carboxylic acids is 1. The standard InChI is InChI=1S/C19H23N3O3S/c1-5-22-12-19(2,3)25-16-14(17(22)23)15(20-18(21-16)26-4)24-11-13-9-7-6-8-10-13/h6-10H,5,11-12H2,1-4H3. The van der Waals surface area contributed by atoms with Crippen molar-refractivity contribution in [2.45, 2.75) is 38.1 Å². The molecule has 1 amide bonds. The van der Waals surface area contributed by atoms with Crippen LogP contribution in [0, 0.1) is 0 Å². The molecule has 138 valence electrons. The predicted octanol–water partition coefficient (Wildman–Crippen LogP) is 3.41. The van der Waals surface area contributed by atoms with E-state index in [1.165, 1.54) is 11.8 Å². The van der Waals surface area contributed by atoms with Crippen LogP contribution >= 0.6 is 11.8 Å². The third kappa shape index (κ3) is 3.93. The van der Waals surface area contributed by atoms with Gasteiger partial charge in [-0.2, -0.15) is 9.97 Å². The molecule has 0 saturated carbocycles. The van der Waals surface area contributed by atoms with Crippen LogP contribution in [-0.4, -0.2) is 45.7 Å². The zero-order valence-corrected chi connectivity index (χ0v) is 16.3. The highest BCUT2D eigenvalue weighted by Gasteiger charge is 2.37. The Morgan fingerprint density at radius 2 is 2.00 bits per heavy atom. The lowest BCUT2D eigenvalue weighted by Crippen LogP contribution is -2.42. The summed E-state index contributed by atoms with van der Waals surface area (Å²) >= 11 is 1.39. The second kappa shape index (κ2) is 7.53. The van der Waals surface area contributed by atoms with Crippen molar-refractivity contribution in [3.05, 3.63) is 41.5 Å². The van der Waals surface area contributed by atoms with Gasteiger partial charge in [-0.15, -0.1) is 0 Å². The fourth-order valence-electron chi connectivity index (χ4n) is 2.82. The number of thioether (sulfide) groups is 1. The Hall–Kier alpha value is -2.28. The Bertz CT molecular complexity index is 796. The number of likely N-dealkylation sites (N-methyl/N-ethyl adjacent to an activating group) is 1. The molecule has 7 heteroatoms. The average Bonchev–Trinajstić information content (AvgIpc) is 2.73. The minimum absolute atomic E-state index is 0.163. The van der Waals surface area contributed by atoms with E-state index in [0.717, 1.165) is 5.56 Å². The average molecular weight is 373 g/mol. The van der Waals surface area contributed by atoms with Crippen LogP contribution in [0.5, 0.6) is 11.8 Å². The van der Waals surface area contributed by atoms with Crippen molar-refractivity contribution in [1.29, 1.82) is 0 Å². The van der Waals surface area contributed by atoms with Gasteiger partial charge in [0.15, 0.2) is 10.7 Å². The lowest BCUT2D eigenvalue weighted by Gasteiger charge is -2.28. The van der Waals surface area contributed by atoms with E-state index in [2.05, 4.69) is 9.97 Å². The smallest absolute Gasteiger partial charge is 0.265 e. The van der Waals surface area contributed by atoms with Crippen molar-refractivity contribution in [2.24, 2.45) is 0 Å². The molecule has 3 rings (SSSR count). The third-order valence-corrected chi connectivity index (χ3v) is 4.60. The van der Waals surface area contributed by atoms with Crippen LogP contribution in [0.25, 0.3) is 0 Å². The van der Waals surface area contributed by atoms with E-state index >= 15 is 0 Å². The first kappa shape index (κ1) is 18.5. The summed E-state index contributed by atoms with van der Waals surface area (Å²) in [5, 5.41) is 0.514. The van der Waals surface area contributed by atoms with Crippen molar-refractivity contribution in [2.75, 3.05) is 19.3 Å². The number of ether oxygens (including phenoxy) is 2. The van der Waals surface area contributed by atoms with Crippen molar-refractivity contribution in [3.8, 4) is 11.8 Å². The number of benzene rings is 1. The Kier molecular flexibility index (Phi) is 5.36. The molecule has 0 radical (unpaired) electrons. The van der Waals surface area contributed by atoms with Gasteiger partial charge < -0.3 is 14.4 Å². The number of hydrogen-bond acceptors (Lipinski definition) is 6. The zero-order chi connectivity index (χ0) is 18.7. The summed E-state index contributed by atoms with van der Waals surface area (Å²) in [4.78, 5) is 23.7. The van der Waals surface area contributed by atoms with Gasteiger partial charge in [-0.3, -0.25) is 4.79 Å². The van der Waals surface area contributed by atoms with Crippen molar-refractivity contribution >= 4 is 17.7 Å². The minimum atomic E-state index is -0.544. The number of nitrogens with zero attached hydrogens (tertiary/aromatic N) is 3. The van der Waals surface area contributed by atoms with E-state index in [-0.39, 0.29) is 11.8 Å². The molecule has 0 N–H and O–H groups in total. The maximum atomic E-state index is 13.1. The summed E-state index contributed by atoms with van der Waals surface area (Å²) in [6.07, 6.45) is 1.88. The second-order valence-electron chi connectivity index (χ2n) is 6.65. The van der Waals surface area contributed by atoms with Crippen LogP contribution in [0.3, 0.4) is 0 Å². The second-order valence-corrected chi connectivity index (χ2v) is 7.42. The largest absolute Gasteiger partial charge is 0.472 e. The van der Waals surface area contributed by atoms with Crippen LogP contribution < -0.4 is 9.47 Å². The highest BCUT2D eigenvalue weighted by molar-refractivity contribution is 7.98. The molecular formula is C19H23N3O3S. The van der Waals surface area contributed by atoms with Gasteiger partial charge in [-0.1, -0.05) is 42.1 Å². The summed E-state index contributed by atoms with van der Waals surface area (Å²) in [7, 11) is 0. The molecule has 1 aliphatic heterocycles. The van der Waals surface area contributed by atoms with E-state index in [1.807, 2.05) is 57.4 Å². The van der Waals surface area contributed by atoms with Gasteiger partial charge in [-0.05, 0) is 32.6 Å². The highest BCUT2D eigenvalue weighted by atomic mass is 32.2. The quantitative estimate of drug-likeness (QED) is 0.591. The lowest BCUT2D eigenvalue weighted by molar-refractivity contribution is 0.0539. The topological polar surface area (TPSA) is 64.6 Å². The van der Waals surface area contributed by atoms with Gasteiger partial charge in [-0.25, -0.2) is 0 Å². The van der Waals surface area contributed by atoms with E-state index in [0.29, 0.717) is 36.3 Å². The maximum absolute atomic E-state index is 13.1. The van der Waals surface area contributed by atoms with Gasteiger partial charge in [0.1, 0.15) is 12.2 Å². The number of fused-ring (bicyclic) bond motifs is 1. The van der Waals surface area contributed by atoms with E-state index in [4.69, 9.17) is 9.47 Å². The highest BCUT2D eigenvalue weighted by Crippen LogP contribution is 2.34. The molecule has 0 bridgehead atoms. The Morgan fingerprint density at radius 3 is 2.65 bits per heavy atom. The molecule has 1 aromatic carbocycles. The first-order valence-corrected chi connectivity index (χ1v) is 9.77. The molecule has 1 aliphatic rings. The van der Waals surface area contributed by atoms with Crippen LogP contribution in [0.2, 0.25) is 0 Å². The first-order chi connectivity index (χ1) is 12.4. The lowest BCUT2D eigenvalue weighted by atomic mass is 10.1.